The van der Waals surface area contributed by atoms with Gasteiger partial charge in [0.2, 0.25) is 11.8 Å². The number of hydrogen-bond acceptors (Lipinski definition) is 3. The van der Waals surface area contributed by atoms with E-state index in [1.807, 2.05) is 13.8 Å². The van der Waals surface area contributed by atoms with E-state index in [1.165, 1.54) is 12.1 Å². The fraction of sp³-hybridized carbons (Fsp3) is 0.429. The van der Waals surface area contributed by atoms with E-state index in [-0.39, 0.29) is 17.5 Å². The molecule has 6 heteroatoms. The summed E-state index contributed by atoms with van der Waals surface area (Å²) in [6.07, 6.45) is 0.333. The topological polar surface area (TPSA) is 84.2 Å². The molecule has 0 unspecified atom stereocenters. The minimum atomic E-state index is -0.659. The third-order valence-corrected chi connectivity index (χ3v) is 2.63. The van der Waals surface area contributed by atoms with Crippen LogP contribution in [0.4, 0.5) is 4.39 Å². The van der Waals surface area contributed by atoms with Crippen molar-refractivity contribution in [3.05, 3.63) is 35.1 Å². The van der Waals surface area contributed by atoms with Gasteiger partial charge < -0.3 is 16.4 Å². The van der Waals surface area contributed by atoms with E-state index in [0.29, 0.717) is 25.1 Å². The Morgan fingerprint density at radius 2 is 2.05 bits per heavy atom. The van der Waals surface area contributed by atoms with Gasteiger partial charge in [-0.2, -0.15) is 0 Å². The van der Waals surface area contributed by atoms with Crippen molar-refractivity contribution >= 4 is 11.8 Å². The summed E-state index contributed by atoms with van der Waals surface area (Å²) in [5, 5.41) is 5.75. The van der Waals surface area contributed by atoms with Crippen molar-refractivity contribution in [1.29, 1.82) is 0 Å². The van der Waals surface area contributed by atoms with E-state index in [1.54, 1.807) is 0 Å². The molecule has 0 atom stereocenters. The van der Waals surface area contributed by atoms with Gasteiger partial charge in [-0.15, -0.1) is 0 Å². The van der Waals surface area contributed by atoms with Crippen LogP contribution in [0.3, 0.4) is 0 Å². The molecule has 0 aliphatic carbocycles. The molecule has 4 N–H and O–H groups in total. The molecule has 0 spiro atoms. The summed E-state index contributed by atoms with van der Waals surface area (Å²) < 4.78 is 13.6. The van der Waals surface area contributed by atoms with Crippen molar-refractivity contribution in [3.8, 4) is 0 Å². The first kappa shape index (κ1) is 16.1. The third kappa shape index (κ3) is 5.36. The molecule has 1 aromatic carbocycles. The molecule has 110 valence electrons. The molecule has 2 amide bonds. The summed E-state index contributed by atoms with van der Waals surface area (Å²) >= 11 is 0. The van der Waals surface area contributed by atoms with Gasteiger partial charge in [0.15, 0.2) is 0 Å². The Labute approximate surface area is 117 Å². The van der Waals surface area contributed by atoms with E-state index in [2.05, 4.69) is 10.6 Å². The minimum Gasteiger partial charge on any atom is -0.366 e. The zero-order chi connectivity index (χ0) is 15.1. The highest BCUT2D eigenvalue weighted by molar-refractivity contribution is 5.92. The molecule has 0 fully saturated rings. The number of primary amides is 1. The lowest BCUT2D eigenvalue weighted by Crippen LogP contribution is -2.32. The van der Waals surface area contributed by atoms with Crippen molar-refractivity contribution in [3.63, 3.8) is 0 Å². The molecular weight excluding hydrogens is 261 g/mol. The van der Waals surface area contributed by atoms with Crippen LogP contribution in [0.2, 0.25) is 0 Å². The molecular formula is C14H20FN3O2. The lowest BCUT2D eigenvalue weighted by atomic mass is 10.1. The average Bonchev–Trinajstić information content (AvgIpc) is 2.35. The molecule has 0 bridgehead atoms. The van der Waals surface area contributed by atoms with Crippen LogP contribution in [0.1, 0.15) is 36.2 Å². The zero-order valence-corrected chi connectivity index (χ0v) is 11.7. The lowest BCUT2D eigenvalue weighted by Gasteiger charge is -2.09. The molecule has 0 radical (unpaired) electrons. The molecule has 0 saturated carbocycles. The fourth-order valence-corrected chi connectivity index (χ4v) is 1.66. The van der Waals surface area contributed by atoms with E-state index < -0.39 is 11.7 Å². The number of halogens is 1. The Morgan fingerprint density at radius 3 is 2.60 bits per heavy atom. The zero-order valence-electron chi connectivity index (χ0n) is 11.7. The van der Waals surface area contributed by atoms with E-state index in [9.17, 15) is 14.0 Å². The predicted molar refractivity (Wildman–Crippen MR) is 74.5 cm³/mol. The van der Waals surface area contributed by atoms with Gasteiger partial charge in [-0.3, -0.25) is 9.59 Å². The third-order valence-electron chi connectivity index (χ3n) is 2.63. The van der Waals surface area contributed by atoms with Crippen LogP contribution in [0.15, 0.2) is 18.2 Å². The van der Waals surface area contributed by atoms with Gasteiger partial charge in [0, 0.05) is 36.7 Å². The second-order valence-corrected chi connectivity index (χ2v) is 4.82. The minimum absolute atomic E-state index is 0.0444. The lowest BCUT2D eigenvalue weighted by molar-refractivity contribution is -0.121. The number of nitrogens with one attached hydrogen (secondary N) is 2. The predicted octanol–water partition coefficient (Wildman–Crippen LogP) is 0.929. The molecule has 20 heavy (non-hydrogen) atoms. The highest BCUT2D eigenvalue weighted by atomic mass is 19.1. The summed E-state index contributed by atoms with van der Waals surface area (Å²) in [4.78, 5) is 22.3. The quantitative estimate of drug-likeness (QED) is 0.650. The summed E-state index contributed by atoms with van der Waals surface area (Å²) in [6, 6.07) is 4.22. The molecule has 0 aromatic heterocycles. The van der Waals surface area contributed by atoms with Crippen LogP contribution in [-0.4, -0.2) is 24.4 Å². The first-order valence-electron chi connectivity index (χ1n) is 6.48. The van der Waals surface area contributed by atoms with Gasteiger partial charge in [-0.25, -0.2) is 4.39 Å². The molecule has 0 aliphatic rings. The smallest absolute Gasteiger partial charge is 0.248 e. The highest BCUT2D eigenvalue weighted by Gasteiger charge is 2.07. The number of nitrogens with two attached hydrogens (primary N) is 1. The van der Waals surface area contributed by atoms with Gasteiger partial charge in [-0.1, -0.05) is 6.07 Å². The van der Waals surface area contributed by atoms with E-state index >= 15 is 0 Å². The maximum Gasteiger partial charge on any atom is 0.248 e. The number of amides is 2. The number of carbonyl (C=O) groups is 2. The molecule has 0 saturated heterocycles. The molecule has 1 aromatic rings. The van der Waals surface area contributed by atoms with Crippen molar-refractivity contribution in [2.45, 2.75) is 32.9 Å². The number of rotatable bonds is 7. The van der Waals surface area contributed by atoms with Crippen LogP contribution in [-0.2, 0) is 11.3 Å². The number of carbonyl (C=O) groups excluding carboxylic acids is 2. The Morgan fingerprint density at radius 1 is 1.35 bits per heavy atom. The largest absolute Gasteiger partial charge is 0.366 e. The average molecular weight is 281 g/mol. The number of benzene rings is 1. The van der Waals surface area contributed by atoms with E-state index in [0.717, 1.165) is 6.07 Å². The first-order chi connectivity index (χ1) is 9.40. The Balaban J connectivity index is 2.39. The summed E-state index contributed by atoms with van der Waals surface area (Å²) in [5.41, 5.74) is 5.63. The molecule has 1 rings (SSSR count). The summed E-state index contributed by atoms with van der Waals surface area (Å²) in [5.74, 6) is -1.19. The van der Waals surface area contributed by atoms with E-state index in [4.69, 9.17) is 5.73 Å². The highest BCUT2D eigenvalue weighted by Crippen LogP contribution is 2.10. The second-order valence-electron chi connectivity index (χ2n) is 4.82. The molecule has 0 heterocycles. The molecule has 5 nitrogen and oxygen atoms in total. The Hall–Kier alpha value is -1.95. The van der Waals surface area contributed by atoms with Crippen molar-refractivity contribution in [2.75, 3.05) is 6.54 Å². The van der Waals surface area contributed by atoms with Gasteiger partial charge in [0.05, 0.1) is 0 Å². The van der Waals surface area contributed by atoms with Gasteiger partial charge in [0.25, 0.3) is 0 Å². The van der Waals surface area contributed by atoms with Crippen LogP contribution in [0.25, 0.3) is 0 Å². The fourth-order valence-electron chi connectivity index (χ4n) is 1.66. The van der Waals surface area contributed by atoms with Crippen LogP contribution in [0.5, 0.6) is 0 Å². The van der Waals surface area contributed by atoms with Crippen LogP contribution >= 0.6 is 0 Å². The van der Waals surface area contributed by atoms with Crippen LogP contribution in [0, 0.1) is 5.82 Å². The SMILES string of the molecule is CC(C)NC(=O)CCNCc1ccc(C(N)=O)cc1F. The molecule has 0 aliphatic heterocycles. The first-order valence-corrected chi connectivity index (χ1v) is 6.48. The Bertz CT molecular complexity index is 489. The summed E-state index contributed by atoms with van der Waals surface area (Å²) in [6.45, 7) is 4.53. The normalized spacial score (nSPS) is 10.6. The summed E-state index contributed by atoms with van der Waals surface area (Å²) in [7, 11) is 0. The standard InChI is InChI=1S/C14H20FN3O2/c1-9(2)18-13(19)5-6-17-8-11-4-3-10(14(16)20)7-12(11)15/h3-4,7,9,17H,5-6,8H2,1-2H3,(H2,16,20)(H,18,19). The maximum atomic E-state index is 13.6. The van der Waals surface area contributed by atoms with Crippen molar-refractivity contribution in [1.82, 2.24) is 10.6 Å². The Kier molecular flexibility index (Phi) is 6.11. The monoisotopic (exact) mass is 281 g/mol. The maximum absolute atomic E-state index is 13.6. The van der Waals surface area contributed by atoms with Crippen LogP contribution < -0.4 is 16.4 Å². The van der Waals surface area contributed by atoms with Crippen molar-refractivity contribution in [2.24, 2.45) is 5.73 Å². The second kappa shape index (κ2) is 7.59. The number of hydrogen-bond donors (Lipinski definition) is 3. The van der Waals surface area contributed by atoms with Gasteiger partial charge in [-0.05, 0) is 26.0 Å². The van der Waals surface area contributed by atoms with Gasteiger partial charge in [0.1, 0.15) is 5.82 Å². The van der Waals surface area contributed by atoms with Gasteiger partial charge >= 0.3 is 0 Å². The van der Waals surface area contributed by atoms with Crippen molar-refractivity contribution < 1.29 is 14.0 Å².